The van der Waals surface area contributed by atoms with Gasteiger partial charge in [0, 0.05) is 11.6 Å². The fourth-order valence-electron chi connectivity index (χ4n) is 1.31. The minimum absolute atomic E-state index is 0.639. The summed E-state index contributed by atoms with van der Waals surface area (Å²) in [6.07, 6.45) is 1.72. The van der Waals surface area contributed by atoms with E-state index in [2.05, 4.69) is 16.2 Å². The highest BCUT2D eigenvalue weighted by atomic mass is 32.1. The van der Waals surface area contributed by atoms with Gasteiger partial charge in [-0.15, -0.1) is 11.3 Å². The van der Waals surface area contributed by atoms with Crippen LogP contribution in [0.15, 0.2) is 11.6 Å². The van der Waals surface area contributed by atoms with E-state index in [0.717, 1.165) is 16.5 Å². The zero-order valence-electron chi connectivity index (χ0n) is 7.85. The summed E-state index contributed by atoms with van der Waals surface area (Å²) < 4.78 is 1.71. The van der Waals surface area contributed by atoms with Crippen molar-refractivity contribution in [3.05, 3.63) is 28.5 Å². The summed E-state index contributed by atoms with van der Waals surface area (Å²) in [5.41, 5.74) is 2.24. The molecule has 0 unspecified atom stereocenters. The highest BCUT2D eigenvalue weighted by Crippen LogP contribution is 2.18. The molecule has 0 atom stereocenters. The van der Waals surface area contributed by atoms with Crippen molar-refractivity contribution in [2.75, 3.05) is 0 Å². The zero-order chi connectivity index (χ0) is 10.1. The second kappa shape index (κ2) is 3.24. The minimum atomic E-state index is 0.639. The van der Waals surface area contributed by atoms with Crippen LogP contribution in [0.2, 0.25) is 0 Å². The summed E-state index contributed by atoms with van der Waals surface area (Å²) in [4.78, 5) is 4.15. The number of hydrogen-bond donors (Lipinski definition) is 0. The molecule has 0 fully saturated rings. The van der Waals surface area contributed by atoms with Gasteiger partial charge in [-0.2, -0.15) is 10.4 Å². The minimum Gasteiger partial charge on any atom is -0.227 e. The van der Waals surface area contributed by atoms with Crippen LogP contribution in [0.25, 0.3) is 5.13 Å². The van der Waals surface area contributed by atoms with E-state index >= 15 is 0 Å². The monoisotopic (exact) mass is 204 g/mol. The van der Waals surface area contributed by atoms with Gasteiger partial charge in [-0.1, -0.05) is 0 Å². The molecule has 2 rings (SSSR count). The number of thiazole rings is 1. The first-order valence-corrected chi connectivity index (χ1v) is 4.98. The Bertz CT molecular complexity index is 490. The van der Waals surface area contributed by atoms with Crippen LogP contribution in [0.4, 0.5) is 0 Å². The van der Waals surface area contributed by atoms with Crippen molar-refractivity contribution in [3.8, 4) is 11.2 Å². The Morgan fingerprint density at radius 2 is 2.29 bits per heavy atom. The zero-order valence-corrected chi connectivity index (χ0v) is 8.67. The van der Waals surface area contributed by atoms with Crippen LogP contribution in [-0.2, 0) is 0 Å². The number of nitrogens with zero attached hydrogens (tertiary/aromatic N) is 4. The molecule has 0 bridgehead atoms. The molecule has 2 aromatic heterocycles. The van der Waals surface area contributed by atoms with Gasteiger partial charge in [-0.05, 0) is 13.8 Å². The second-order valence-electron chi connectivity index (χ2n) is 2.88. The van der Waals surface area contributed by atoms with Crippen LogP contribution in [0.1, 0.15) is 17.0 Å². The smallest absolute Gasteiger partial charge is 0.210 e. The molecule has 0 N–H and O–H groups in total. The summed E-state index contributed by atoms with van der Waals surface area (Å²) in [6, 6.07) is 2.14. The maximum absolute atomic E-state index is 8.89. The van der Waals surface area contributed by atoms with Crippen LogP contribution in [0.3, 0.4) is 0 Å². The third-order valence-corrected chi connectivity index (χ3v) is 2.75. The standard InChI is InChI=1S/C9H8N4S/c1-6-8(5-10)7(2)13(12-6)9-11-3-4-14-9/h3-4H,1-2H3. The Hall–Kier alpha value is -1.67. The summed E-state index contributed by atoms with van der Waals surface area (Å²) >= 11 is 1.50. The molecule has 0 amide bonds. The van der Waals surface area contributed by atoms with Gasteiger partial charge in [-0.3, -0.25) is 0 Å². The fourth-order valence-corrected chi connectivity index (χ4v) is 1.95. The van der Waals surface area contributed by atoms with Crippen LogP contribution in [0.5, 0.6) is 0 Å². The lowest BCUT2D eigenvalue weighted by molar-refractivity contribution is 0.825. The normalized spacial score (nSPS) is 10.1. The van der Waals surface area contributed by atoms with Crippen LogP contribution in [0, 0.1) is 25.2 Å². The Morgan fingerprint density at radius 1 is 1.50 bits per heavy atom. The highest BCUT2D eigenvalue weighted by molar-refractivity contribution is 7.12. The SMILES string of the molecule is Cc1nn(-c2nccs2)c(C)c1C#N. The molecule has 0 aliphatic heterocycles. The maximum atomic E-state index is 8.89. The van der Waals surface area contributed by atoms with Crippen LogP contribution in [-0.4, -0.2) is 14.8 Å². The van der Waals surface area contributed by atoms with E-state index in [1.807, 2.05) is 19.2 Å². The molecule has 4 nitrogen and oxygen atoms in total. The molecular formula is C9H8N4S. The van der Waals surface area contributed by atoms with E-state index in [9.17, 15) is 0 Å². The van der Waals surface area contributed by atoms with E-state index in [0.29, 0.717) is 5.56 Å². The molecular weight excluding hydrogens is 196 g/mol. The van der Waals surface area contributed by atoms with E-state index in [1.54, 1.807) is 10.9 Å². The van der Waals surface area contributed by atoms with E-state index < -0.39 is 0 Å². The van der Waals surface area contributed by atoms with Crippen LogP contribution >= 0.6 is 11.3 Å². The molecule has 0 aliphatic carbocycles. The first kappa shape index (κ1) is 8.91. The quantitative estimate of drug-likeness (QED) is 0.712. The topological polar surface area (TPSA) is 54.5 Å². The predicted molar refractivity (Wildman–Crippen MR) is 53.4 cm³/mol. The first-order valence-electron chi connectivity index (χ1n) is 4.10. The fraction of sp³-hybridized carbons (Fsp3) is 0.222. The Morgan fingerprint density at radius 3 is 2.79 bits per heavy atom. The third-order valence-electron chi connectivity index (χ3n) is 2.00. The first-order chi connectivity index (χ1) is 6.74. The van der Waals surface area contributed by atoms with Crippen LogP contribution < -0.4 is 0 Å². The molecule has 0 aliphatic rings. The summed E-state index contributed by atoms with van der Waals surface area (Å²) in [5.74, 6) is 0. The number of rotatable bonds is 1. The Balaban J connectivity index is 2.63. The molecule has 14 heavy (non-hydrogen) atoms. The molecule has 2 aromatic rings. The van der Waals surface area contributed by atoms with E-state index in [4.69, 9.17) is 5.26 Å². The number of aryl methyl sites for hydroxylation is 1. The molecule has 0 aromatic carbocycles. The average molecular weight is 204 g/mol. The van der Waals surface area contributed by atoms with E-state index in [1.165, 1.54) is 11.3 Å². The highest BCUT2D eigenvalue weighted by Gasteiger charge is 2.12. The number of aromatic nitrogens is 3. The lowest BCUT2D eigenvalue weighted by Crippen LogP contribution is -1.97. The summed E-state index contributed by atoms with van der Waals surface area (Å²) in [5, 5.41) is 15.8. The van der Waals surface area contributed by atoms with E-state index in [-0.39, 0.29) is 0 Å². The van der Waals surface area contributed by atoms with Gasteiger partial charge in [0.1, 0.15) is 6.07 Å². The van der Waals surface area contributed by atoms with Crippen molar-refractivity contribution in [1.82, 2.24) is 14.8 Å². The Labute approximate surface area is 85.4 Å². The molecule has 0 radical (unpaired) electrons. The van der Waals surface area contributed by atoms with Crippen molar-refractivity contribution in [2.45, 2.75) is 13.8 Å². The second-order valence-corrected chi connectivity index (χ2v) is 3.76. The van der Waals surface area contributed by atoms with Crippen molar-refractivity contribution in [1.29, 1.82) is 5.26 Å². The van der Waals surface area contributed by atoms with Gasteiger partial charge in [0.2, 0.25) is 5.13 Å². The molecule has 0 saturated heterocycles. The predicted octanol–water partition coefficient (Wildman–Crippen LogP) is 1.82. The van der Waals surface area contributed by atoms with Gasteiger partial charge in [0.25, 0.3) is 0 Å². The lowest BCUT2D eigenvalue weighted by atomic mass is 10.2. The number of nitriles is 1. The van der Waals surface area contributed by atoms with Gasteiger partial charge in [-0.25, -0.2) is 9.67 Å². The van der Waals surface area contributed by atoms with Gasteiger partial charge >= 0.3 is 0 Å². The molecule has 2 heterocycles. The molecule has 5 heteroatoms. The molecule has 70 valence electrons. The van der Waals surface area contributed by atoms with Gasteiger partial charge < -0.3 is 0 Å². The largest absolute Gasteiger partial charge is 0.227 e. The maximum Gasteiger partial charge on any atom is 0.210 e. The van der Waals surface area contributed by atoms with Crippen molar-refractivity contribution >= 4 is 11.3 Å². The average Bonchev–Trinajstić information content (AvgIpc) is 2.74. The van der Waals surface area contributed by atoms with Crippen molar-refractivity contribution < 1.29 is 0 Å². The van der Waals surface area contributed by atoms with Gasteiger partial charge in [0.05, 0.1) is 17.0 Å². The summed E-state index contributed by atoms with van der Waals surface area (Å²) in [6.45, 7) is 3.70. The van der Waals surface area contributed by atoms with Crippen molar-refractivity contribution in [2.24, 2.45) is 0 Å². The lowest BCUT2D eigenvalue weighted by Gasteiger charge is -1.96. The Kier molecular flexibility index (Phi) is 2.06. The van der Waals surface area contributed by atoms with Crippen molar-refractivity contribution in [3.63, 3.8) is 0 Å². The molecule has 0 saturated carbocycles. The summed E-state index contributed by atoms with van der Waals surface area (Å²) in [7, 11) is 0. The third kappa shape index (κ3) is 1.20. The van der Waals surface area contributed by atoms with Gasteiger partial charge in [0.15, 0.2) is 0 Å². The number of hydrogen-bond acceptors (Lipinski definition) is 4. The molecule has 0 spiro atoms.